The Balaban J connectivity index is 1.26. The number of aromatic nitrogens is 2. The van der Waals surface area contributed by atoms with Gasteiger partial charge >= 0.3 is 12.0 Å². The summed E-state index contributed by atoms with van der Waals surface area (Å²) in [7, 11) is 0. The van der Waals surface area contributed by atoms with Crippen LogP contribution in [-0.2, 0) is 11.2 Å². The summed E-state index contributed by atoms with van der Waals surface area (Å²) < 4.78 is 5.32. The van der Waals surface area contributed by atoms with E-state index in [2.05, 4.69) is 25.8 Å². The second kappa shape index (κ2) is 11.7. The number of ether oxygens (including phenoxy) is 1. The number of carbonyl (C=O) groups excluding carboxylic acids is 3. The number of urea groups is 1. The third kappa shape index (κ3) is 5.77. The van der Waals surface area contributed by atoms with Crippen molar-refractivity contribution < 1.29 is 19.1 Å². The molecule has 2 aliphatic rings. The Labute approximate surface area is 245 Å². The molecule has 2 aromatic heterocycles. The quantitative estimate of drug-likeness (QED) is 0.258. The number of nitrogens with zero attached hydrogens (tertiary/aromatic N) is 2. The molecule has 1 unspecified atom stereocenters. The first-order valence-electron chi connectivity index (χ1n) is 13.1. The van der Waals surface area contributed by atoms with Crippen LogP contribution < -0.4 is 20.9 Å². The number of benzene rings is 1. The molecule has 1 aliphatic heterocycles. The molecular weight excluding hydrogens is 575 g/mol. The fourth-order valence-corrected chi connectivity index (χ4v) is 6.50. The van der Waals surface area contributed by atoms with E-state index in [9.17, 15) is 14.4 Å². The SMILES string of the molecule is CCNC(=O)Nc1cccc(Cc2nc(N3C[C@@H]4C(NC(=O)c5[nH]c(C)c(Cl)c5Cl)[C@@H]4C3)sc2C(=O)OCC)c1. The van der Waals surface area contributed by atoms with Gasteiger partial charge in [0.05, 0.1) is 22.3 Å². The number of rotatable bonds is 9. The zero-order valence-corrected chi connectivity index (χ0v) is 24.6. The molecule has 2 fully saturated rings. The highest BCUT2D eigenvalue weighted by Gasteiger charge is 2.57. The molecule has 5 rings (SSSR count). The largest absolute Gasteiger partial charge is 0.462 e. The van der Waals surface area contributed by atoms with E-state index in [0.29, 0.717) is 39.9 Å². The van der Waals surface area contributed by atoms with Gasteiger partial charge in [-0.2, -0.15) is 0 Å². The Morgan fingerprint density at radius 1 is 1.18 bits per heavy atom. The number of aryl methyl sites for hydroxylation is 1. The van der Waals surface area contributed by atoms with Crippen molar-refractivity contribution in [1.29, 1.82) is 0 Å². The van der Waals surface area contributed by atoms with E-state index in [1.807, 2.05) is 31.2 Å². The first kappa shape index (κ1) is 28.3. The third-order valence-corrected chi connectivity index (χ3v) is 9.17. The number of thiazole rings is 1. The van der Waals surface area contributed by atoms with Crippen LogP contribution in [0.3, 0.4) is 0 Å². The smallest absolute Gasteiger partial charge is 0.350 e. The number of carbonyl (C=O) groups is 3. The maximum atomic E-state index is 12.8. The fraction of sp³-hybridized carbons (Fsp3) is 0.407. The first-order valence-corrected chi connectivity index (χ1v) is 14.7. The van der Waals surface area contributed by atoms with Gasteiger partial charge in [-0.3, -0.25) is 4.79 Å². The molecule has 1 saturated heterocycles. The van der Waals surface area contributed by atoms with Gasteiger partial charge in [-0.1, -0.05) is 46.7 Å². The Hall–Kier alpha value is -3.28. The van der Waals surface area contributed by atoms with Crippen molar-refractivity contribution >= 4 is 63.3 Å². The lowest BCUT2D eigenvalue weighted by Crippen LogP contribution is -2.34. The van der Waals surface area contributed by atoms with Crippen molar-refractivity contribution in [3.63, 3.8) is 0 Å². The number of hydrogen-bond acceptors (Lipinski definition) is 7. The Kier molecular flexibility index (Phi) is 8.25. The molecule has 0 radical (unpaired) electrons. The second-order valence-corrected chi connectivity index (χ2v) is 11.6. The summed E-state index contributed by atoms with van der Waals surface area (Å²) in [6.07, 6.45) is 0.411. The Morgan fingerprint density at radius 2 is 1.93 bits per heavy atom. The van der Waals surface area contributed by atoms with E-state index in [-0.39, 0.29) is 47.1 Å². The molecule has 10 nitrogen and oxygen atoms in total. The van der Waals surface area contributed by atoms with Crippen molar-refractivity contribution in [2.45, 2.75) is 33.2 Å². The molecule has 1 aromatic carbocycles. The highest BCUT2D eigenvalue weighted by Crippen LogP contribution is 2.48. The number of anilines is 2. The minimum Gasteiger partial charge on any atom is -0.462 e. The first-order chi connectivity index (χ1) is 19.2. The predicted molar refractivity (Wildman–Crippen MR) is 156 cm³/mol. The molecular formula is C27H30Cl2N6O4S. The summed E-state index contributed by atoms with van der Waals surface area (Å²) in [5, 5.41) is 9.93. The van der Waals surface area contributed by atoms with Crippen molar-refractivity contribution in [3.05, 3.63) is 61.8 Å². The summed E-state index contributed by atoms with van der Waals surface area (Å²) in [6, 6.07) is 7.23. The number of amides is 3. The standard InChI is InChI=1S/C27H30Cl2N6O4S/c1-4-30-26(38)32-15-8-6-7-14(9-15)10-18-23(25(37)39-5-2)40-27(33-18)35-11-16-17(12-35)21(16)34-24(36)22-20(29)19(28)13(3)31-22/h6-9,16-17,21,31H,4-5,10-12H2,1-3H3,(H,34,36)(H2,30,32,38)/t16-,17+,21?. The average molecular weight is 606 g/mol. The van der Waals surface area contributed by atoms with E-state index in [0.717, 1.165) is 23.8 Å². The van der Waals surface area contributed by atoms with Crippen LogP contribution in [0.5, 0.6) is 0 Å². The molecule has 4 N–H and O–H groups in total. The molecule has 3 aromatic rings. The van der Waals surface area contributed by atoms with Crippen LogP contribution in [0, 0.1) is 18.8 Å². The highest BCUT2D eigenvalue weighted by molar-refractivity contribution is 7.17. The van der Waals surface area contributed by atoms with E-state index >= 15 is 0 Å². The normalized spacial score (nSPS) is 19.2. The van der Waals surface area contributed by atoms with Crippen LogP contribution in [0.1, 0.15) is 51.0 Å². The van der Waals surface area contributed by atoms with Gasteiger partial charge in [-0.05, 0) is 38.5 Å². The van der Waals surface area contributed by atoms with Crippen molar-refractivity contribution in [1.82, 2.24) is 20.6 Å². The molecule has 212 valence electrons. The van der Waals surface area contributed by atoms with Gasteiger partial charge in [0.15, 0.2) is 5.13 Å². The Morgan fingerprint density at radius 3 is 2.58 bits per heavy atom. The lowest BCUT2D eigenvalue weighted by atomic mass is 10.1. The molecule has 3 amide bonds. The lowest BCUT2D eigenvalue weighted by Gasteiger charge is -2.19. The van der Waals surface area contributed by atoms with E-state index < -0.39 is 5.97 Å². The molecule has 1 aliphatic carbocycles. The van der Waals surface area contributed by atoms with E-state index in [1.165, 1.54) is 11.3 Å². The van der Waals surface area contributed by atoms with Gasteiger partial charge in [0.1, 0.15) is 10.6 Å². The molecule has 13 heteroatoms. The summed E-state index contributed by atoms with van der Waals surface area (Å²) >= 11 is 13.6. The molecule has 1 saturated carbocycles. The maximum Gasteiger partial charge on any atom is 0.350 e. The number of hydrogen-bond donors (Lipinski definition) is 4. The van der Waals surface area contributed by atoms with Gasteiger partial charge in [-0.25, -0.2) is 14.6 Å². The molecule has 0 spiro atoms. The minimum absolute atomic E-state index is 0.0475. The number of aromatic amines is 1. The zero-order valence-electron chi connectivity index (χ0n) is 22.3. The number of halogens is 2. The minimum atomic E-state index is -0.399. The highest BCUT2D eigenvalue weighted by atomic mass is 35.5. The van der Waals surface area contributed by atoms with Crippen molar-refractivity contribution in [2.24, 2.45) is 11.8 Å². The summed E-state index contributed by atoms with van der Waals surface area (Å²) in [5.41, 5.74) is 3.12. The van der Waals surface area contributed by atoms with Crippen LogP contribution >= 0.6 is 34.5 Å². The summed E-state index contributed by atoms with van der Waals surface area (Å²) in [4.78, 5) is 47.9. The maximum absolute atomic E-state index is 12.8. The Bertz CT molecular complexity index is 1440. The number of H-pyrrole nitrogens is 1. The zero-order chi connectivity index (χ0) is 28.6. The fourth-order valence-electron chi connectivity index (χ4n) is 5.09. The molecule has 40 heavy (non-hydrogen) atoms. The third-order valence-electron chi connectivity index (χ3n) is 7.08. The number of fused-ring (bicyclic) bond motifs is 1. The van der Waals surface area contributed by atoms with Crippen LogP contribution in [0.2, 0.25) is 10.0 Å². The van der Waals surface area contributed by atoms with Gasteiger partial charge in [-0.15, -0.1) is 0 Å². The molecule has 3 atom stereocenters. The molecule has 3 heterocycles. The van der Waals surface area contributed by atoms with E-state index in [1.54, 1.807) is 13.8 Å². The number of esters is 1. The molecule has 0 bridgehead atoms. The van der Waals surface area contributed by atoms with Crippen LogP contribution in [0.4, 0.5) is 15.6 Å². The van der Waals surface area contributed by atoms with Gasteiger partial charge in [0.2, 0.25) is 0 Å². The van der Waals surface area contributed by atoms with Crippen LogP contribution in [0.15, 0.2) is 24.3 Å². The topological polar surface area (TPSA) is 128 Å². The average Bonchev–Trinajstić information content (AvgIpc) is 3.26. The van der Waals surface area contributed by atoms with E-state index in [4.69, 9.17) is 32.9 Å². The van der Waals surface area contributed by atoms with Crippen LogP contribution in [0.25, 0.3) is 0 Å². The van der Waals surface area contributed by atoms with Crippen molar-refractivity contribution in [2.75, 3.05) is 36.5 Å². The monoisotopic (exact) mass is 604 g/mol. The number of nitrogens with one attached hydrogen (secondary N) is 4. The van der Waals surface area contributed by atoms with Gasteiger partial charge in [0, 0.05) is 55.3 Å². The van der Waals surface area contributed by atoms with Gasteiger partial charge < -0.3 is 30.6 Å². The van der Waals surface area contributed by atoms with Crippen LogP contribution in [-0.4, -0.2) is 60.2 Å². The number of piperidine rings is 1. The lowest BCUT2D eigenvalue weighted by molar-refractivity contribution is 0.0530. The summed E-state index contributed by atoms with van der Waals surface area (Å²) in [6.45, 7) is 7.61. The van der Waals surface area contributed by atoms with Crippen molar-refractivity contribution in [3.8, 4) is 0 Å². The summed E-state index contributed by atoms with van der Waals surface area (Å²) in [5.74, 6) is -0.102. The van der Waals surface area contributed by atoms with Gasteiger partial charge in [0.25, 0.3) is 5.91 Å². The predicted octanol–water partition coefficient (Wildman–Crippen LogP) is 4.86. The second-order valence-electron chi connectivity index (χ2n) is 9.84.